The number of nitrogens with zero attached hydrogens (tertiary/aromatic N) is 2. The van der Waals surface area contributed by atoms with Gasteiger partial charge in [-0.05, 0) is 19.3 Å². The van der Waals surface area contributed by atoms with Crippen LogP contribution in [0.4, 0.5) is 5.82 Å². The van der Waals surface area contributed by atoms with E-state index in [1.807, 2.05) is 6.20 Å². The highest BCUT2D eigenvalue weighted by molar-refractivity contribution is 5.85. The topological polar surface area (TPSA) is 55.9 Å². The number of nitrogens with two attached hydrogens (primary N) is 1. The second-order valence-corrected chi connectivity index (χ2v) is 6.18. The van der Waals surface area contributed by atoms with Crippen LogP contribution in [0.2, 0.25) is 0 Å². The van der Waals surface area contributed by atoms with Crippen LogP contribution in [0, 0.1) is 5.41 Å². The van der Waals surface area contributed by atoms with Gasteiger partial charge in [0, 0.05) is 19.3 Å². The number of nitrogen functional groups attached to an aromatic ring is 1. The number of hydrogen-bond acceptors (Lipinski definition) is 3. The predicted octanol–water partition coefficient (Wildman–Crippen LogP) is 2.68. The molecule has 1 aromatic heterocycles. The Kier molecular flexibility index (Phi) is 7.97. The van der Waals surface area contributed by atoms with Crippen LogP contribution in [0.15, 0.2) is 12.5 Å². The summed E-state index contributed by atoms with van der Waals surface area (Å²) >= 11 is 0. The number of anilines is 1. The van der Waals surface area contributed by atoms with Gasteiger partial charge in [0.2, 0.25) is 0 Å². The average Bonchev–Trinajstić information content (AvgIpc) is 2.49. The van der Waals surface area contributed by atoms with Gasteiger partial charge in [-0.1, -0.05) is 20.8 Å². The van der Waals surface area contributed by atoms with Gasteiger partial charge in [0.25, 0.3) is 0 Å². The number of nitrogens with one attached hydrogen (secondary N) is 1. The number of aromatic nitrogens is 2. The lowest BCUT2D eigenvalue weighted by Crippen LogP contribution is -2.40. The summed E-state index contributed by atoms with van der Waals surface area (Å²) < 4.78 is 2.05. The van der Waals surface area contributed by atoms with Crippen molar-refractivity contribution < 1.29 is 0 Å². The highest BCUT2D eigenvalue weighted by Gasteiger charge is 2.20. The molecule has 0 spiro atoms. The molecule has 0 unspecified atom stereocenters. The Labute approximate surface area is 123 Å². The maximum atomic E-state index is 5.62. The zero-order chi connectivity index (χ0) is 12.4. The van der Waals surface area contributed by atoms with Crippen molar-refractivity contribution in [2.24, 2.45) is 5.41 Å². The molecular formula is C12H26Cl2N4. The van der Waals surface area contributed by atoms with E-state index in [-0.39, 0.29) is 30.4 Å². The van der Waals surface area contributed by atoms with Crippen LogP contribution in [0.1, 0.15) is 34.6 Å². The van der Waals surface area contributed by atoms with E-state index < -0.39 is 0 Å². The lowest BCUT2D eigenvalue weighted by atomic mass is 9.96. The van der Waals surface area contributed by atoms with Gasteiger partial charge in [-0.25, -0.2) is 4.98 Å². The summed E-state index contributed by atoms with van der Waals surface area (Å²) in [5.41, 5.74) is 5.93. The third-order valence-corrected chi connectivity index (χ3v) is 2.51. The molecule has 0 fully saturated rings. The van der Waals surface area contributed by atoms with Gasteiger partial charge in [-0.2, -0.15) is 0 Å². The van der Waals surface area contributed by atoms with E-state index in [9.17, 15) is 0 Å². The van der Waals surface area contributed by atoms with Crippen molar-refractivity contribution in [1.29, 1.82) is 0 Å². The summed E-state index contributed by atoms with van der Waals surface area (Å²) in [6.07, 6.45) is 3.66. The molecule has 0 aromatic carbocycles. The molecule has 3 N–H and O–H groups in total. The Bertz CT molecular complexity index is 342. The monoisotopic (exact) mass is 296 g/mol. The molecule has 108 valence electrons. The average molecular weight is 297 g/mol. The first-order chi connectivity index (χ1) is 7.21. The first-order valence-electron chi connectivity index (χ1n) is 5.71. The van der Waals surface area contributed by atoms with Gasteiger partial charge in [-0.15, -0.1) is 24.8 Å². The molecule has 0 saturated carbocycles. The van der Waals surface area contributed by atoms with Crippen molar-refractivity contribution in [1.82, 2.24) is 14.9 Å². The third kappa shape index (κ3) is 6.47. The Balaban J connectivity index is 0. The lowest BCUT2D eigenvalue weighted by Gasteiger charge is -2.29. The van der Waals surface area contributed by atoms with E-state index in [0.29, 0.717) is 11.2 Å². The number of imidazole rings is 1. The molecule has 0 amide bonds. The second-order valence-electron chi connectivity index (χ2n) is 6.18. The molecule has 0 aliphatic carbocycles. The molecule has 0 saturated heterocycles. The van der Waals surface area contributed by atoms with E-state index in [0.717, 1.165) is 13.1 Å². The van der Waals surface area contributed by atoms with Crippen LogP contribution in [0.25, 0.3) is 0 Å². The SMILES string of the molecule is CC(C)(C)CNCC(C)(C)n1cnc(N)c1.Cl.Cl. The van der Waals surface area contributed by atoms with Gasteiger partial charge in [0.15, 0.2) is 0 Å². The van der Waals surface area contributed by atoms with Crippen LogP contribution < -0.4 is 11.1 Å². The Morgan fingerprint density at radius 2 is 1.72 bits per heavy atom. The minimum absolute atomic E-state index is 0. The van der Waals surface area contributed by atoms with Gasteiger partial charge in [0.1, 0.15) is 5.82 Å². The Morgan fingerprint density at radius 3 is 2.11 bits per heavy atom. The normalized spacial score (nSPS) is 11.6. The molecule has 0 aliphatic heterocycles. The van der Waals surface area contributed by atoms with E-state index in [2.05, 4.69) is 49.5 Å². The fraction of sp³-hybridized carbons (Fsp3) is 0.750. The summed E-state index contributed by atoms with van der Waals surface area (Å²) in [5, 5.41) is 3.48. The maximum Gasteiger partial charge on any atom is 0.141 e. The maximum absolute atomic E-state index is 5.62. The predicted molar refractivity (Wildman–Crippen MR) is 82.8 cm³/mol. The summed E-state index contributed by atoms with van der Waals surface area (Å²) in [5.74, 6) is 0.573. The Morgan fingerprint density at radius 1 is 1.17 bits per heavy atom. The minimum atomic E-state index is -0.00410. The first-order valence-corrected chi connectivity index (χ1v) is 5.71. The summed E-state index contributed by atoms with van der Waals surface area (Å²) in [7, 11) is 0. The molecule has 4 nitrogen and oxygen atoms in total. The highest BCUT2D eigenvalue weighted by atomic mass is 35.5. The standard InChI is InChI=1S/C12H24N4.2ClH/c1-11(2,3)7-14-8-12(4,5)16-6-10(13)15-9-16;;/h6,9,14H,7-8,13H2,1-5H3;2*1H. The highest BCUT2D eigenvalue weighted by Crippen LogP contribution is 2.16. The van der Waals surface area contributed by atoms with Gasteiger partial charge in [0.05, 0.1) is 11.9 Å². The van der Waals surface area contributed by atoms with Crippen molar-refractivity contribution in [2.45, 2.75) is 40.2 Å². The third-order valence-electron chi connectivity index (χ3n) is 2.51. The molecule has 0 atom stereocenters. The minimum Gasteiger partial charge on any atom is -0.382 e. The van der Waals surface area contributed by atoms with E-state index in [4.69, 9.17) is 5.73 Å². The summed E-state index contributed by atoms with van der Waals surface area (Å²) in [6.45, 7) is 12.9. The van der Waals surface area contributed by atoms with Crippen molar-refractivity contribution in [2.75, 3.05) is 18.8 Å². The second kappa shape index (κ2) is 7.22. The number of hydrogen-bond donors (Lipinski definition) is 2. The van der Waals surface area contributed by atoms with Crippen molar-refractivity contribution in [3.05, 3.63) is 12.5 Å². The van der Waals surface area contributed by atoms with Crippen LogP contribution in [0.3, 0.4) is 0 Å². The Hall–Kier alpha value is -0.450. The largest absolute Gasteiger partial charge is 0.382 e. The molecule has 0 radical (unpaired) electrons. The smallest absolute Gasteiger partial charge is 0.141 e. The molecule has 18 heavy (non-hydrogen) atoms. The fourth-order valence-corrected chi connectivity index (χ4v) is 1.50. The lowest BCUT2D eigenvalue weighted by molar-refractivity contribution is 0.298. The van der Waals surface area contributed by atoms with Gasteiger partial charge < -0.3 is 15.6 Å². The van der Waals surface area contributed by atoms with Crippen molar-refractivity contribution in [3.63, 3.8) is 0 Å². The molecule has 1 heterocycles. The van der Waals surface area contributed by atoms with Crippen LogP contribution >= 0.6 is 24.8 Å². The fourth-order valence-electron chi connectivity index (χ4n) is 1.50. The van der Waals surface area contributed by atoms with E-state index >= 15 is 0 Å². The summed E-state index contributed by atoms with van der Waals surface area (Å²) in [4.78, 5) is 4.05. The van der Waals surface area contributed by atoms with Crippen molar-refractivity contribution in [3.8, 4) is 0 Å². The molecular weight excluding hydrogens is 271 g/mol. The molecule has 0 aliphatic rings. The van der Waals surface area contributed by atoms with E-state index in [1.54, 1.807) is 6.33 Å². The van der Waals surface area contributed by atoms with E-state index in [1.165, 1.54) is 0 Å². The molecule has 6 heteroatoms. The van der Waals surface area contributed by atoms with Gasteiger partial charge >= 0.3 is 0 Å². The van der Waals surface area contributed by atoms with Gasteiger partial charge in [-0.3, -0.25) is 0 Å². The van der Waals surface area contributed by atoms with Crippen molar-refractivity contribution >= 4 is 30.6 Å². The zero-order valence-corrected chi connectivity index (χ0v) is 13.5. The van der Waals surface area contributed by atoms with Crippen LogP contribution in [-0.2, 0) is 5.54 Å². The van der Waals surface area contributed by atoms with Crippen LogP contribution in [-0.4, -0.2) is 22.6 Å². The quantitative estimate of drug-likeness (QED) is 0.898. The summed E-state index contributed by atoms with van der Waals surface area (Å²) in [6, 6.07) is 0. The zero-order valence-electron chi connectivity index (χ0n) is 11.9. The molecule has 1 rings (SSSR count). The molecule has 0 bridgehead atoms. The number of halogens is 2. The molecule has 1 aromatic rings. The number of rotatable bonds is 4. The van der Waals surface area contributed by atoms with Crippen LogP contribution in [0.5, 0.6) is 0 Å². The first kappa shape index (κ1) is 19.9.